The van der Waals surface area contributed by atoms with Crippen molar-refractivity contribution >= 4 is 11.6 Å². The molecule has 3 aromatic rings. The van der Waals surface area contributed by atoms with E-state index in [2.05, 4.69) is 10.4 Å². The second-order valence-corrected chi connectivity index (χ2v) is 6.70. The molecule has 156 valence electrons. The number of hydrogen-bond donors (Lipinski definition) is 1. The van der Waals surface area contributed by atoms with E-state index in [1.54, 1.807) is 50.2 Å². The lowest BCUT2D eigenvalue weighted by atomic mass is 10.1. The topological polar surface area (TPSA) is 99.3 Å². The van der Waals surface area contributed by atoms with Gasteiger partial charge in [-0.3, -0.25) is 19.6 Å². The van der Waals surface area contributed by atoms with Gasteiger partial charge < -0.3 is 10.1 Å². The molecule has 30 heavy (non-hydrogen) atoms. The molecule has 9 heteroatoms. The summed E-state index contributed by atoms with van der Waals surface area (Å²) >= 11 is 0. The van der Waals surface area contributed by atoms with Gasteiger partial charge in [-0.2, -0.15) is 5.10 Å². The molecule has 0 bridgehead atoms. The summed E-state index contributed by atoms with van der Waals surface area (Å²) in [6, 6.07) is 12.7. The predicted molar refractivity (Wildman–Crippen MR) is 108 cm³/mol. The summed E-state index contributed by atoms with van der Waals surface area (Å²) in [5.41, 5.74) is 2.16. The van der Waals surface area contributed by atoms with Crippen molar-refractivity contribution in [3.63, 3.8) is 0 Å². The number of halogens is 1. The average molecular weight is 412 g/mol. The van der Waals surface area contributed by atoms with Gasteiger partial charge in [0.25, 0.3) is 5.91 Å². The third-order valence-corrected chi connectivity index (χ3v) is 4.57. The molecule has 0 saturated heterocycles. The van der Waals surface area contributed by atoms with Crippen LogP contribution in [0, 0.1) is 29.8 Å². The molecule has 2 aromatic carbocycles. The largest absolute Gasteiger partial charge is 0.489 e. The number of ether oxygens (including phenoxy) is 1. The summed E-state index contributed by atoms with van der Waals surface area (Å²) in [7, 11) is 0. The minimum Gasteiger partial charge on any atom is -0.489 e. The molecule has 0 unspecified atom stereocenters. The Morgan fingerprint density at radius 2 is 1.83 bits per heavy atom. The second-order valence-electron chi connectivity index (χ2n) is 6.70. The highest BCUT2D eigenvalue weighted by Crippen LogP contribution is 2.21. The number of aromatic nitrogens is 2. The van der Waals surface area contributed by atoms with E-state index in [1.807, 2.05) is 0 Å². The van der Waals surface area contributed by atoms with Crippen molar-refractivity contribution in [2.45, 2.75) is 27.0 Å². The van der Waals surface area contributed by atoms with Gasteiger partial charge in [-0.15, -0.1) is 0 Å². The van der Waals surface area contributed by atoms with E-state index in [4.69, 9.17) is 4.74 Å². The van der Waals surface area contributed by atoms with Crippen LogP contribution in [0.4, 0.5) is 10.1 Å². The Balaban J connectivity index is 1.50. The molecule has 0 aliphatic heterocycles. The predicted octanol–water partition coefficient (Wildman–Crippen LogP) is 3.56. The van der Waals surface area contributed by atoms with Gasteiger partial charge in [-0.05, 0) is 55.8 Å². The van der Waals surface area contributed by atoms with Crippen LogP contribution in [0.2, 0.25) is 0 Å². The normalized spacial score (nSPS) is 10.6. The van der Waals surface area contributed by atoms with Gasteiger partial charge >= 0.3 is 5.69 Å². The van der Waals surface area contributed by atoms with Crippen LogP contribution in [-0.4, -0.2) is 27.2 Å². The highest BCUT2D eigenvalue weighted by molar-refractivity contribution is 5.94. The lowest BCUT2D eigenvalue weighted by Gasteiger charge is -2.08. The quantitative estimate of drug-likeness (QED) is 0.451. The standard InChI is InChI=1S/C21H21FN4O4/c1-14-20(26(28)29)15(2)25(24-14)12-11-23-21(27)17-5-3-16(4-6-17)13-30-19-9-7-18(22)8-10-19/h3-10H,11-13H2,1-2H3,(H,23,27). The smallest absolute Gasteiger partial charge is 0.312 e. The molecule has 0 aliphatic rings. The van der Waals surface area contributed by atoms with E-state index >= 15 is 0 Å². The van der Waals surface area contributed by atoms with Crippen molar-refractivity contribution in [3.8, 4) is 5.75 Å². The zero-order chi connectivity index (χ0) is 21.7. The molecule has 0 saturated carbocycles. The van der Waals surface area contributed by atoms with E-state index in [0.29, 0.717) is 35.9 Å². The SMILES string of the molecule is Cc1nn(CCNC(=O)c2ccc(COc3ccc(F)cc3)cc2)c(C)c1[N+](=O)[O-]. The van der Waals surface area contributed by atoms with Gasteiger partial charge in [0.15, 0.2) is 0 Å². The highest BCUT2D eigenvalue weighted by Gasteiger charge is 2.21. The molecular formula is C21H21FN4O4. The summed E-state index contributed by atoms with van der Waals surface area (Å²) in [6.45, 7) is 4.13. The van der Waals surface area contributed by atoms with Crippen molar-refractivity contribution in [1.82, 2.24) is 15.1 Å². The number of carbonyl (C=O) groups excluding carboxylic acids is 1. The molecule has 0 aliphatic carbocycles. The number of nitro groups is 1. The van der Waals surface area contributed by atoms with Crippen LogP contribution in [0.25, 0.3) is 0 Å². The lowest BCUT2D eigenvalue weighted by molar-refractivity contribution is -0.386. The Hall–Kier alpha value is -3.75. The fourth-order valence-corrected chi connectivity index (χ4v) is 3.00. The van der Waals surface area contributed by atoms with Crippen LogP contribution in [0.5, 0.6) is 5.75 Å². The van der Waals surface area contributed by atoms with Crippen molar-refractivity contribution in [3.05, 3.63) is 87.0 Å². The number of nitrogens with one attached hydrogen (secondary N) is 1. The van der Waals surface area contributed by atoms with Crippen LogP contribution in [-0.2, 0) is 13.2 Å². The van der Waals surface area contributed by atoms with Crippen molar-refractivity contribution < 1.29 is 18.8 Å². The van der Waals surface area contributed by atoms with E-state index in [-0.39, 0.29) is 24.0 Å². The molecule has 0 spiro atoms. The molecular weight excluding hydrogens is 391 g/mol. The van der Waals surface area contributed by atoms with Crippen LogP contribution in [0.15, 0.2) is 48.5 Å². The maximum absolute atomic E-state index is 12.9. The van der Waals surface area contributed by atoms with E-state index in [9.17, 15) is 19.3 Å². The number of hydrogen-bond acceptors (Lipinski definition) is 5. The number of carbonyl (C=O) groups is 1. The van der Waals surface area contributed by atoms with Crippen LogP contribution in [0.1, 0.15) is 27.3 Å². The highest BCUT2D eigenvalue weighted by atomic mass is 19.1. The first-order valence-electron chi connectivity index (χ1n) is 9.29. The first-order chi connectivity index (χ1) is 14.3. The van der Waals surface area contributed by atoms with Gasteiger partial charge in [0.2, 0.25) is 0 Å². The van der Waals surface area contributed by atoms with Crippen molar-refractivity contribution in [2.75, 3.05) is 6.54 Å². The van der Waals surface area contributed by atoms with Gasteiger partial charge in [-0.1, -0.05) is 12.1 Å². The number of aryl methyl sites for hydroxylation is 1. The molecule has 3 rings (SSSR count). The molecule has 0 atom stereocenters. The lowest BCUT2D eigenvalue weighted by Crippen LogP contribution is -2.27. The Morgan fingerprint density at radius 3 is 2.43 bits per heavy atom. The molecule has 1 heterocycles. The minimum absolute atomic E-state index is 0.000212. The van der Waals surface area contributed by atoms with Gasteiger partial charge in [0, 0.05) is 12.1 Å². The van der Waals surface area contributed by atoms with Gasteiger partial charge in [0.1, 0.15) is 29.6 Å². The number of benzene rings is 2. The van der Waals surface area contributed by atoms with Crippen LogP contribution < -0.4 is 10.1 Å². The van der Waals surface area contributed by atoms with E-state index in [1.165, 1.54) is 16.8 Å². The summed E-state index contributed by atoms with van der Waals surface area (Å²) in [5, 5.41) is 18.0. The van der Waals surface area contributed by atoms with Gasteiger partial charge in [-0.25, -0.2) is 4.39 Å². The van der Waals surface area contributed by atoms with Crippen molar-refractivity contribution in [1.29, 1.82) is 0 Å². The fourth-order valence-electron chi connectivity index (χ4n) is 3.00. The first kappa shape index (κ1) is 21.0. The third kappa shape index (κ3) is 4.99. The summed E-state index contributed by atoms with van der Waals surface area (Å²) < 4.78 is 20.0. The molecule has 1 amide bonds. The second kappa shape index (κ2) is 9.17. The fraction of sp³-hybridized carbons (Fsp3) is 0.238. The molecule has 0 fully saturated rings. The monoisotopic (exact) mass is 412 g/mol. The summed E-state index contributed by atoms with van der Waals surface area (Å²) in [6.07, 6.45) is 0. The summed E-state index contributed by atoms with van der Waals surface area (Å²) in [5.74, 6) is -0.0200. The van der Waals surface area contributed by atoms with Crippen LogP contribution >= 0.6 is 0 Å². The Kier molecular flexibility index (Phi) is 6.41. The van der Waals surface area contributed by atoms with Crippen LogP contribution in [0.3, 0.4) is 0 Å². The average Bonchev–Trinajstić information content (AvgIpc) is 3.01. The summed E-state index contributed by atoms with van der Waals surface area (Å²) in [4.78, 5) is 22.9. The Bertz CT molecular complexity index is 1050. The van der Waals surface area contributed by atoms with E-state index < -0.39 is 4.92 Å². The zero-order valence-corrected chi connectivity index (χ0v) is 16.6. The number of rotatable bonds is 8. The zero-order valence-electron chi connectivity index (χ0n) is 16.6. The number of amides is 1. The first-order valence-corrected chi connectivity index (χ1v) is 9.29. The third-order valence-electron chi connectivity index (χ3n) is 4.57. The Morgan fingerprint density at radius 1 is 1.17 bits per heavy atom. The van der Waals surface area contributed by atoms with Gasteiger partial charge in [0.05, 0.1) is 11.5 Å². The maximum atomic E-state index is 12.9. The molecule has 1 aromatic heterocycles. The molecule has 8 nitrogen and oxygen atoms in total. The molecule has 1 N–H and O–H groups in total. The Labute approximate surface area is 172 Å². The van der Waals surface area contributed by atoms with Crippen molar-refractivity contribution in [2.24, 2.45) is 0 Å². The number of nitrogens with zero attached hydrogens (tertiary/aromatic N) is 3. The molecule has 0 radical (unpaired) electrons. The van der Waals surface area contributed by atoms with E-state index in [0.717, 1.165) is 5.56 Å². The minimum atomic E-state index is -0.450. The maximum Gasteiger partial charge on any atom is 0.312 e.